The fraction of sp³-hybridized carbons (Fsp3) is 0.0588. The van der Waals surface area contributed by atoms with Gasteiger partial charge in [0, 0.05) is 16.2 Å². The summed E-state index contributed by atoms with van der Waals surface area (Å²) >= 11 is 0. The van der Waals surface area contributed by atoms with Crippen LogP contribution in [0.1, 0.15) is 6.17 Å². The van der Waals surface area contributed by atoms with Crippen LogP contribution in [0.4, 0.5) is 0 Å². The number of aromatic nitrogens is 1. The molecule has 0 fully saturated rings. The highest BCUT2D eigenvalue weighted by atomic mass is 16.4. The lowest BCUT2D eigenvalue weighted by Crippen LogP contribution is -2.32. The third kappa shape index (κ3) is 2.25. The second-order valence-electron chi connectivity index (χ2n) is 5.12. The molecular weight excluding hydrogens is 275 g/mol. The fourth-order valence-electron chi connectivity index (χ4n) is 2.88. The van der Waals surface area contributed by atoms with Crippen LogP contribution in [0.25, 0.3) is 21.8 Å². The van der Waals surface area contributed by atoms with Crippen LogP contribution in [0.15, 0.2) is 67.3 Å². The molecular formula is C17H17BN2O2. The van der Waals surface area contributed by atoms with Gasteiger partial charge in [-0.2, -0.15) is 0 Å². The minimum Gasteiger partial charge on any atom is -0.423 e. The number of hydrogen-bond acceptors (Lipinski definition) is 3. The van der Waals surface area contributed by atoms with Gasteiger partial charge >= 0.3 is 7.12 Å². The van der Waals surface area contributed by atoms with Gasteiger partial charge in [-0.1, -0.05) is 55.1 Å². The Bertz CT molecular complexity index is 868. The fourth-order valence-corrected chi connectivity index (χ4v) is 2.88. The molecule has 0 amide bonds. The number of fused-ring (bicyclic) bond motifs is 3. The molecule has 0 spiro atoms. The number of allylic oxidation sites excluding steroid dienone is 2. The minimum atomic E-state index is -1.55. The molecule has 1 aromatic heterocycles. The van der Waals surface area contributed by atoms with E-state index in [0.29, 0.717) is 5.46 Å². The molecule has 1 unspecified atom stereocenters. The predicted molar refractivity (Wildman–Crippen MR) is 91.8 cm³/mol. The Labute approximate surface area is 128 Å². The summed E-state index contributed by atoms with van der Waals surface area (Å²) in [6.07, 6.45) is 4.83. The van der Waals surface area contributed by atoms with Crippen molar-refractivity contribution in [2.24, 2.45) is 5.73 Å². The van der Waals surface area contributed by atoms with Crippen LogP contribution in [-0.4, -0.2) is 21.7 Å². The molecule has 0 aliphatic carbocycles. The monoisotopic (exact) mass is 292 g/mol. The van der Waals surface area contributed by atoms with Crippen LogP contribution in [0.2, 0.25) is 0 Å². The average molecular weight is 292 g/mol. The van der Waals surface area contributed by atoms with E-state index < -0.39 is 13.3 Å². The van der Waals surface area contributed by atoms with Gasteiger partial charge in [-0.05, 0) is 12.1 Å². The average Bonchev–Trinajstić information content (AvgIpc) is 2.87. The van der Waals surface area contributed by atoms with Crippen LogP contribution < -0.4 is 11.2 Å². The Hall–Kier alpha value is -2.34. The SMILES string of the molecule is C=C/C=C\C(N)n1c2ccccc2c2cccc(B(O)O)c21. The van der Waals surface area contributed by atoms with Crippen molar-refractivity contribution in [3.63, 3.8) is 0 Å². The van der Waals surface area contributed by atoms with Crippen molar-refractivity contribution in [1.29, 1.82) is 0 Å². The van der Waals surface area contributed by atoms with Gasteiger partial charge in [0.25, 0.3) is 0 Å². The van der Waals surface area contributed by atoms with Gasteiger partial charge in [0.2, 0.25) is 0 Å². The Morgan fingerprint density at radius 2 is 1.82 bits per heavy atom. The third-order valence-electron chi connectivity index (χ3n) is 3.78. The van der Waals surface area contributed by atoms with Gasteiger partial charge in [-0.25, -0.2) is 0 Å². The molecule has 2 aromatic carbocycles. The molecule has 0 aliphatic rings. The number of para-hydroxylation sites is 2. The number of hydrogen-bond donors (Lipinski definition) is 3. The minimum absolute atomic E-state index is 0.430. The normalized spacial score (nSPS) is 13.0. The van der Waals surface area contributed by atoms with Crippen molar-refractivity contribution in [3.05, 3.63) is 67.3 Å². The topological polar surface area (TPSA) is 71.4 Å². The lowest BCUT2D eigenvalue weighted by atomic mass is 9.79. The molecule has 0 aliphatic heterocycles. The third-order valence-corrected chi connectivity index (χ3v) is 3.78. The molecule has 4 N–H and O–H groups in total. The molecule has 0 bridgehead atoms. The Balaban J connectivity index is 2.44. The van der Waals surface area contributed by atoms with Gasteiger partial charge < -0.3 is 20.3 Å². The zero-order chi connectivity index (χ0) is 15.7. The molecule has 5 heteroatoms. The van der Waals surface area contributed by atoms with E-state index in [1.54, 1.807) is 18.2 Å². The van der Waals surface area contributed by atoms with Crippen molar-refractivity contribution < 1.29 is 10.0 Å². The highest BCUT2D eigenvalue weighted by Gasteiger charge is 2.21. The summed E-state index contributed by atoms with van der Waals surface area (Å²) in [4.78, 5) is 0. The van der Waals surface area contributed by atoms with Crippen molar-refractivity contribution >= 4 is 34.4 Å². The molecule has 0 saturated heterocycles. The number of benzene rings is 2. The summed E-state index contributed by atoms with van der Waals surface area (Å²) in [7, 11) is -1.55. The maximum atomic E-state index is 9.70. The lowest BCUT2D eigenvalue weighted by molar-refractivity contribution is 0.426. The standard InChI is InChI=1S/C17H17BN2O2/c1-2-3-11-16(19)20-15-10-5-4-7-12(15)13-8-6-9-14(17(13)20)18(21)22/h2-11,16,21-22H,1,19H2/b11-3-. The van der Waals surface area contributed by atoms with Crippen LogP contribution in [0, 0.1) is 0 Å². The molecule has 22 heavy (non-hydrogen) atoms. The van der Waals surface area contributed by atoms with Gasteiger partial charge in [0.15, 0.2) is 0 Å². The van der Waals surface area contributed by atoms with Crippen LogP contribution in [-0.2, 0) is 0 Å². The van der Waals surface area contributed by atoms with E-state index in [2.05, 4.69) is 6.58 Å². The van der Waals surface area contributed by atoms with Crippen LogP contribution in [0.3, 0.4) is 0 Å². The Morgan fingerprint density at radius 1 is 1.09 bits per heavy atom. The van der Waals surface area contributed by atoms with Crippen molar-refractivity contribution in [2.75, 3.05) is 0 Å². The largest absolute Gasteiger partial charge is 0.490 e. The first-order valence-corrected chi connectivity index (χ1v) is 7.07. The predicted octanol–water partition coefficient (Wildman–Crippen LogP) is 1.67. The highest BCUT2D eigenvalue weighted by molar-refractivity contribution is 6.62. The molecule has 1 atom stereocenters. The van der Waals surface area contributed by atoms with Crippen molar-refractivity contribution in [2.45, 2.75) is 6.17 Å². The van der Waals surface area contributed by atoms with Gasteiger partial charge in [0.1, 0.15) is 6.17 Å². The van der Waals surface area contributed by atoms with E-state index in [9.17, 15) is 10.0 Å². The molecule has 3 aromatic rings. The second-order valence-corrected chi connectivity index (χ2v) is 5.12. The first kappa shape index (κ1) is 14.6. The van der Waals surface area contributed by atoms with E-state index in [-0.39, 0.29) is 0 Å². The molecule has 110 valence electrons. The highest BCUT2D eigenvalue weighted by Crippen LogP contribution is 2.30. The van der Waals surface area contributed by atoms with Crippen molar-refractivity contribution in [1.82, 2.24) is 4.57 Å². The van der Waals surface area contributed by atoms with Crippen LogP contribution >= 0.6 is 0 Å². The summed E-state index contributed by atoms with van der Waals surface area (Å²) in [5, 5.41) is 21.4. The maximum absolute atomic E-state index is 9.70. The lowest BCUT2D eigenvalue weighted by Gasteiger charge is -2.15. The zero-order valence-electron chi connectivity index (χ0n) is 12.1. The van der Waals surface area contributed by atoms with Crippen LogP contribution in [0.5, 0.6) is 0 Å². The maximum Gasteiger partial charge on any atom is 0.490 e. The smallest absolute Gasteiger partial charge is 0.423 e. The molecule has 0 saturated carbocycles. The molecule has 4 nitrogen and oxygen atoms in total. The molecule has 1 heterocycles. The van der Waals surface area contributed by atoms with E-state index in [4.69, 9.17) is 5.73 Å². The van der Waals surface area contributed by atoms with Crippen molar-refractivity contribution in [3.8, 4) is 0 Å². The van der Waals surface area contributed by atoms with Gasteiger partial charge in [0.05, 0.1) is 11.0 Å². The number of nitrogens with zero attached hydrogens (tertiary/aromatic N) is 1. The van der Waals surface area contributed by atoms with E-state index >= 15 is 0 Å². The van der Waals surface area contributed by atoms with E-state index in [1.165, 1.54) is 0 Å². The summed E-state index contributed by atoms with van der Waals surface area (Å²) < 4.78 is 1.92. The molecule has 3 rings (SSSR count). The first-order chi connectivity index (χ1) is 10.6. The number of rotatable bonds is 4. The second kappa shape index (κ2) is 5.81. The van der Waals surface area contributed by atoms with Gasteiger partial charge in [-0.15, -0.1) is 0 Å². The summed E-state index contributed by atoms with van der Waals surface area (Å²) in [6.45, 7) is 3.65. The Morgan fingerprint density at radius 3 is 2.55 bits per heavy atom. The quantitative estimate of drug-likeness (QED) is 0.506. The summed E-state index contributed by atoms with van der Waals surface area (Å²) in [6, 6.07) is 13.4. The Kier molecular flexibility index (Phi) is 3.85. The number of nitrogens with two attached hydrogens (primary N) is 1. The van der Waals surface area contributed by atoms with E-state index in [1.807, 2.05) is 47.0 Å². The summed E-state index contributed by atoms with van der Waals surface area (Å²) in [5.74, 6) is 0. The van der Waals surface area contributed by atoms with Gasteiger partial charge in [-0.3, -0.25) is 0 Å². The molecule has 0 radical (unpaired) electrons. The zero-order valence-corrected chi connectivity index (χ0v) is 12.1. The summed E-state index contributed by atoms with van der Waals surface area (Å²) in [5.41, 5.74) is 8.42. The first-order valence-electron chi connectivity index (χ1n) is 7.07. The van der Waals surface area contributed by atoms with E-state index in [0.717, 1.165) is 21.8 Å².